The van der Waals surface area contributed by atoms with Crippen molar-refractivity contribution < 1.29 is 52.4 Å². The molecule has 1 aromatic carbocycles. The maximum absolute atomic E-state index is 11.9. The van der Waals surface area contributed by atoms with Gasteiger partial charge in [0.15, 0.2) is 24.4 Å². The van der Waals surface area contributed by atoms with Gasteiger partial charge >= 0.3 is 29.8 Å². The van der Waals surface area contributed by atoms with Crippen LogP contribution in [-0.4, -0.2) is 67.5 Å². The molecule has 0 bridgehead atoms. The Balaban J connectivity index is 3.28. The third kappa shape index (κ3) is 11.4. The van der Waals surface area contributed by atoms with Crippen molar-refractivity contribution in [3.8, 4) is 0 Å². The van der Waals surface area contributed by atoms with Gasteiger partial charge < -0.3 is 28.4 Å². The van der Waals surface area contributed by atoms with Crippen LogP contribution in [0.2, 0.25) is 0 Å². The Morgan fingerprint density at radius 2 is 1.06 bits per heavy atom. The summed E-state index contributed by atoms with van der Waals surface area (Å²) in [6, 6.07) is 9.12. The average Bonchev–Trinajstić information content (AvgIpc) is 2.72. The first-order chi connectivity index (χ1) is 16.0. The van der Waals surface area contributed by atoms with Crippen LogP contribution in [0.5, 0.6) is 0 Å². The van der Waals surface area contributed by atoms with E-state index in [0.717, 1.165) is 40.2 Å². The number of carbonyl (C=O) groups is 5. The highest BCUT2D eigenvalue weighted by molar-refractivity contribution is 5.69. The molecule has 0 aliphatic rings. The van der Waals surface area contributed by atoms with Gasteiger partial charge in [0, 0.05) is 34.6 Å². The van der Waals surface area contributed by atoms with Gasteiger partial charge in [0.2, 0.25) is 0 Å². The summed E-state index contributed by atoms with van der Waals surface area (Å²) in [4.78, 5) is 58.6. The van der Waals surface area contributed by atoms with Crippen molar-refractivity contribution in [1.82, 2.24) is 0 Å². The van der Waals surface area contributed by atoms with Crippen molar-refractivity contribution in [3.63, 3.8) is 0 Å². The van der Waals surface area contributed by atoms with Gasteiger partial charge in [0.05, 0.1) is 13.2 Å². The summed E-state index contributed by atoms with van der Waals surface area (Å²) < 4.78 is 31.7. The predicted octanol–water partition coefficient (Wildman–Crippen LogP) is 1.49. The molecule has 0 aromatic heterocycles. The molecule has 0 saturated heterocycles. The summed E-state index contributed by atoms with van der Waals surface area (Å²) in [5.41, 5.74) is 0.831. The molecule has 0 saturated carbocycles. The summed E-state index contributed by atoms with van der Waals surface area (Å²) in [6.45, 7) is 4.92. The zero-order chi connectivity index (χ0) is 25.7. The van der Waals surface area contributed by atoms with E-state index in [1.54, 1.807) is 0 Å². The van der Waals surface area contributed by atoms with E-state index >= 15 is 0 Å². The molecular weight excluding hydrogens is 452 g/mol. The molecule has 0 aliphatic heterocycles. The van der Waals surface area contributed by atoms with E-state index in [1.165, 1.54) is 0 Å². The SMILES string of the molecule is CC(=O)OC[C@@H](OC(C)=O)[C@@H](OC(C)=O)[C@H](OC(C)=O)[C@H](COCc1ccccc1)OC(C)=O. The molecule has 0 spiro atoms. The number of ether oxygens (including phenoxy) is 6. The van der Waals surface area contributed by atoms with Gasteiger partial charge in [0.1, 0.15) is 6.61 Å². The highest BCUT2D eigenvalue weighted by Crippen LogP contribution is 2.21. The second kappa shape index (κ2) is 14.6. The third-order valence-corrected chi connectivity index (χ3v) is 4.14. The topological polar surface area (TPSA) is 141 Å². The molecule has 0 fully saturated rings. The summed E-state index contributed by atoms with van der Waals surface area (Å²) in [5.74, 6) is -3.80. The molecule has 11 heteroatoms. The third-order valence-electron chi connectivity index (χ3n) is 4.14. The van der Waals surface area contributed by atoms with Crippen LogP contribution in [0.1, 0.15) is 40.2 Å². The number of rotatable bonds is 13. The Kier molecular flexibility index (Phi) is 12.3. The van der Waals surface area contributed by atoms with Crippen molar-refractivity contribution in [2.24, 2.45) is 0 Å². The summed E-state index contributed by atoms with van der Waals surface area (Å²) >= 11 is 0. The van der Waals surface area contributed by atoms with Gasteiger partial charge in [0.25, 0.3) is 0 Å². The Bertz CT molecular complexity index is 837. The fraction of sp³-hybridized carbons (Fsp3) is 0.522. The summed E-state index contributed by atoms with van der Waals surface area (Å²) in [6.07, 6.45) is -5.58. The number of hydrogen-bond donors (Lipinski definition) is 0. The Morgan fingerprint density at radius 3 is 1.47 bits per heavy atom. The molecule has 34 heavy (non-hydrogen) atoms. The second-order valence-corrected chi connectivity index (χ2v) is 7.25. The lowest BCUT2D eigenvalue weighted by molar-refractivity contribution is -0.206. The van der Waals surface area contributed by atoms with Gasteiger partial charge in [-0.05, 0) is 5.56 Å². The van der Waals surface area contributed by atoms with E-state index in [4.69, 9.17) is 28.4 Å². The number of carbonyl (C=O) groups excluding carboxylic acids is 5. The zero-order valence-corrected chi connectivity index (χ0v) is 19.8. The highest BCUT2D eigenvalue weighted by Gasteiger charge is 2.44. The van der Waals surface area contributed by atoms with Crippen molar-refractivity contribution in [2.45, 2.75) is 65.6 Å². The number of esters is 5. The maximum atomic E-state index is 11.9. The highest BCUT2D eigenvalue weighted by atomic mass is 16.6. The molecular formula is C23H30O11. The molecule has 1 rings (SSSR count). The lowest BCUT2D eigenvalue weighted by atomic mass is 10.0. The van der Waals surface area contributed by atoms with Gasteiger partial charge in [-0.1, -0.05) is 30.3 Å². The molecule has 0 aliphatic carbocycles. The maximum Gasteiger partial charge on any atom is 0.303 e. The van der Waals surface area contributed by atoms with E-state index in [2.05, 4.69) is 0 Å². The summed E-state index contributed by atoms with van der Waals surface area (Å²) in [7, 11) is 0. The van der Waals surface area contributed by atoms with E-state index in [9.17, 15) is 24.0 Å². The Labute approximate surface area is 197 Å². The lowest BCUT2D eigenvalue weighted by Gasteiger charge is -2.35. The van der Waals surface area contributed by atoms with Gasteiger partial charge in [-0.25, -0.2) is 0 Å². The van der Waals surface area contributed by atoms with Crippen molar-refractivity contribution >= 4 is 29.8 Å². The van der Waals surface area contributed by atoms with Crippen LogP contribution >= 0.6 is 0 Å². The van der Waals surface area contributed by atoms with E-state index in [0.29, 0.717) is 0 Å². The van der Waals surface area contributed by atoms with E-state index < -0.39 is 60.9 Å². The van der Waals surface area contributed by atoms with Crippen LogP contribution < -0.4 is 0 Å². The van der Waals surface area contributed by atoms with Crippen LogP contribution in [0.15, 0.2) is 30.3 Å². The largest absolute Gasteiger partial charge is 0.462 e. The normalized spacial score (nSPS) is 14.0. The molecule has 11 nitrogen and oxygen atoms in total. The average molecular weight is 482 g/mol. The fourth-order valence-corrected chi connectivity index (χ4v) is 2.98. The first-order valence-electron chi connectivity index (χ1n) is 10.4. The van der Waals surface area contributed by atoms with Crippen LogP contribution in [0, 0.1) is 0 Å². The quantitative estimate of drug-likeness (QED) is 0.298. The van der Waals surface area contributed by atoms with Crippen LogP contribution in [0.25, 0.3) is 0 Å². The molecule has 0 radical (unpaired) electrons. The standard InChI is InChI=1S/C23H30O11/c1-14(24)30-13-21(32-16(3)26)23(34-18(5)28)22(33-17(4)27)20(31-15(2)25)12-29-11-19-9-7-6-8-10-19/h6-10,20-23H,11-13H2,1-5H3/t20-,21+,22+,23+/m0/s1. The Hall–Kier alpha value is -3.47. The van der Waals surface area contributed by atoms with E-state index in [1.807, 2.05) is 30.3 Å². The predicted molar refractivity (Wildman–Crippen MR) is 115 cm³/mol. The van der Waals surface area contributed by atoms with Gasteiger partial charge in [-0.2, -0.15) is 0 Å². The first kappa shape index (κ1) is 28.6. The van der Waals surface area contributed by atoms with Crippen LogP contribution in [-0.2, 0) is 59.0 Å². The van der Waals surface area contributed by atoms with Crippen molar-refractivity contribution in [3.05, 3.63) is 35.9 Å². The zero-order valence-electron chi connectivity index (χ0n) is 19.8. The van der Waals surface area contributed by atoms with E-state index in [-0.39, 0.29) is 13.2 Å². The smallest absolute Gasteiger partial charge is 0.303 e. The van der Waals surface area contributed by atoms with Crippen LogP contribution in [0.3, 0.4) is 0 Å². The lowest BCUT2D eigenvalue weighted by Crippen LogP contribution is -2.54. The number of benzene rings is 1. The molecule has 0 unspecified atom stereocenters. The monoisotopic (exact) mass is 482 g/mol. The minimum atomic E-state index is -1.49. The minimum absolute atomic E-state index is 0.143. The summed E-state index contributed by atoms with van der Waals surface area (Å²) in [5, 5.41) is 0. The fourth-order valence-electron chi connectivity index (χ4n) is 2.98. The molecule has 0 amide bonds. The van der Waals surface area contributed by atoms with Crippen molar-refractivity contribution in [1.29, 1.82) is 0 Å². The minimum Gasteiger partial charge on any atom is -0.462 e. The van der Waals surface area contributed by atoms with Crippen LogP contribution in [0.4, 0.5) is 0 Å². The first-order valence-corrected chi connectivity index (χ1v) is 10.4. The van der Waals surface area contributed by atoms with Gasteiger partial charge in [-0.3, -0.25) is 24.0 Å². The van der Waals surface area contributed by atoms with Gasteiger partial charge in [-0.15, -0.1) is 0 Å². The van der Waals surface area contributed by atoms with Crippen molar-refractivity contribution in [2.75, 3.05) is 13.2 Å². The molecule has 0 N–H and O–H groups in total. The Morgan fingerprint density at radius 1 is 0.618 bits per heavy atom. The number of hydrogen-bond acceptors (Lipinski definition) is 11. The molecule has 0 heterocycles. The second-order valence-electron chi connectivity index (χ2n) is 7.25. The molecule has 1 aromatic rings. The molecule has 4 atom stereocenters. The molecule has 188 valence electrons.